The quantitative estimate of drug-likeness (QED) is 0.475. The molecule has 0 spiro atoms. The number of imide groups is 1. The van der Waals surface area contributed by atoms with Gasteiger partial charge in [0.2, 0.25) is 5.66 Å². The van der Waals surface area contributed by atoms with E-state index < -0.39 is 23.8 Å². The molecule has 3 amide bonds. The van der Waals surface area contributed by atoms with E-state index in [9.17, 15) is 9.59 Å². The van der Waals surface area contributed by atoms with Gasteiger partial charge < -0.3 is 9.80 Å². The molecule has 0 aliphatic carbocycles. The Labute approximate surface area is 80.5 Å². The lowest BCUT2D eigenvalue weighted by atomic mass is 10.0. The standard InChI is InChI=1S/C7H11N5O2/c1-11-3-9-4-7(11,8)5(13)10-6(14)12(4)2/h3-4H,8H2,1-2H3,(H,10,13,14)/t4-,7-/m1/s1. The Bertz CT molecular complexity index is 341. The van der Waals surface area contributed by atoms with Gasteiger partial charge in [0.1, 0.15) is 0 Å². The lowest BCUT2D eigenvalue weighted by Crippen LogP contribution is -2.75. The van der Waals surface area contributed by atoms with Crippen molar-refractivity contribution in [1.29, 1.82) is 0 Å². The third-order valence-corrected chi connectivity index (χ3v) is 2.63. The number of nitrogens with two attached hydrogens (primary N) is 1. The van der Waals surface area contributed by atoms with Crippen molar-refractivity contribution in [2.45, 2.75) is 11.8 Å². The van der Waals surface area contributed by atoms with Gasteiger partial charge in [0.25, 0.3) is 5.91 Å². The van der Waals surface area contributed by atoms with Crippen LogP contribution in [0.25, 0.3) is 0 Å². The number of rotatable bonds is 0. The fourth-order valence-corrected chi connectivity index (χ4v) is 1.62. The monoisotopic (exact) mass is 197 g/mol. The van der Waals surface area contributed by atoms with E-state index >= 15 is 0 Å². The van der Waals surface area contributed by atoms with Crippen LogP contribution in [-0.2, 0) is 4.79 Å². The van der Waals surface area contributed by atoms with Gasteiger partial charge in [-0.2, -0.15) is 0 Å². The highest BCUT2D eigenvalue weighted by Crippen LogP contribution is 2.25. The number of likely N-dealkylation sites (N-methyl/N-ethyl adjacent to an activating group) is 2. The van der Waals surface area contributed by atoms with Gasteiger partial charge in [0.15, 0.2) is 6.17 Å². The number of nitrogens with one attached hydrogen (secondary N) is 1. The van der Waals surface area contributed by atoms with Crippen molar-refractivity contribution in [1.82, 2.24) is 15.1 Å². The average Bonchev–Trinajstić information content (AvgIpc) is 2.42. The van der Waals surface area contributed by atoms with Gasteiger partial charge in [-0.25, -0.2) is 9.79 Å². The normalized spacial score (nSPS) is 36.1. The average molecular weight is 197 g/mol. The molecule has 2 aliphatic rings. The first-order chi connectivity index (χ1) is 6.48. The lowest BCUT2D eigenvalue weighted by molar-refractivity contribution is -0.133. The summed E-state index contributed by atoms with van der Waals surface area (Å²) in [6.45, 7) is 0. The highest BCUT2D eigenvalue weighted by Gasteiger charge is 2.55. The fourth-order valence-electron chi connectivity index (χ4n) is 1.62. The molecular formula is C7H11N5O2. The van der Waals surface area contributed by atoms with Gasteiger partial charge in [0, 0.05) is 14.1 Å². The number of hydrogen-bond donors (Lipinski definition) is 2. The minimum absolute atomic E-state index is 0.478. The molecule has 2 aliphatic heterocycles. The van der Waals surface area contributed by atoms with Crippen molar-refractivity contribution in [2.75, 3.05) is 14.1 Å². The van der Waals surface area contributed by atoms with Crippen LogP contribution in [0.1, 0.15) is 0 Å². The van der Waals surface area contributed by atoms with Crippen LogP contribution in [0.3, 0.4) is 0 Å². The van der Waals surface area contributed by atoms with Gasteiger partial charge in [-0.1, -0.05) is 0 Å². The molecular weight excluding hydrogens is 186 g/mol. The summed E-state index contributed by atoms with van der Waals surface area (Å²) in [6, 6.07) is -0.478. The Kier molecular flexibility index (Phi) is 1.56. The van der Waals surface area contributed by atoms with Gasteiger partial charge in [-0.3, -0.25) is 15.8 Å². The SMILES string of the molecule is CN1C(=O)NC(=O)[C@@]2(N)[C@@H]1N=CN2C. The molecule has 7 heteroatoms. The van der Waals surface area contributed by atoms with Crippen molar-refractivity contribution >= 4 is 18.3 Å². The second-order valence-electron chi connectivity index (χ2n) is 3.44. The Morgan fingerprint density at radius 1 is 1.57 bits per heavy atom. The number of hydrogen-bond acceptors (Lipinski definition) is 5. The molecule has 0 radical (unpaired) electrons. The smallest absolute Gasteiger partial charge is 0.325 e. The summed E-state index contributed by atoms with van der Waals surface area (Å²) in [4.78, 5) is 29.6. The number of aliphatic imine (C=N–C) groups is 1. The van der Waals surface area contributed by atoms with E-state index in [1.165, 1.54) is 16.1 Å². The maximum Gasteiger partial charge on any atom is 0.325 e. The van der Waals surface area contributed by atoms with Crippen LogP contribution in [0.2, 0.25) is 0 Å². The highest BCUT2D eigenvalue weighted by molar-refractivity contribution is 6.04. The molecule has 0 unspecified atom stereocenters. The van der Waals surface area contributed by atoms with E-state index in [0.717, 1.165) is 0 Å². The van der Waals surface area contributed by atoms with Crippen molar-refractivity contribution in [3.05, 3.63) is 0 Å². The van der Waals surface area contributed by atoms with E-state index in [4.69, 9.17) is 5.73 Å². The Morgan fingerprint density at radius 2 is 2.21 bits per heavy atom. The molecule has 2 heterocycles. The van der Waals surface area contributed by atoms with Gasteiger partial charge in [-0.15, -0.1) is 0 Å². The van der Waals surface area contributed by atoms with Crippen molar-refractivity contribution in [3.8, 4) is 0 Å². The summed E-state index contributed by atoms with van der Waals surface area (Å²) in [5.41, 5.74) is 4.62. The molecule has 3 N–H and O–H groups in total. The van der Waals surface area contributed by atoms with E-state index in [1.807, 2.05) is 0 Å². The first-order valence-electron chi connectivity index (χ1n) is 4.11. The first-order valence-corrected chi connectivity index (χ1v) is 4.11. The van der Waals surface area contributed by atoms with Gasteiger partial charge in [0.05, 0.1) is 6.34 Å². The molecule has 0 saturated carbocycles. The summed E-state index contributed by atoms with van der Waals surface area (Å²) in [6.07, 6.45) is 0.813. The fraction of sp³-hybridized carbons (Fsp3) is 0.571. The van der Waals surface area contributed by atoms with Crippen LogP contribution in [0.4, 0.5) is 4.79 Å². The zero-order chi connectivity index (χ0) is 10.5. The molecule has 2 rings (SSSR count). The number of urea groups is 1. The molecule has 2 atom stereocenters. The van der Waals surface area contributed by atoms with E-state index in [1.54, 1.807) is 14.1 Å². The van der Waals surface area contributed by atoms with Crippen molar-refractivity contribution in [2.24, 2.45) is 10.7 Å². The molecule has 0 aromatic heterocycles. The third-order valence-electron chi connectivity index (χ3n) is 2.63. The summed E-state index contributed by atoms with van der Waals surface area (Å²) in [7, 11) is 3.19. The minimum atomic E-state index is -1.28. The van der Waals surface area contributed by atoms with Crippen LogP contribution in [0, 0.1) is 0 Å². The van der Waals surface area contributed by atoms with Crippen LogP contribution in [-0.4, -0.2) is 54.0 Å². The van der Waals surface area contributed by atoms with Crippen molar-refractivity contribution < 1.29 is 9.59 Å². The Morgan fingerprint density at radius 3 is 2.86 bits per heavy atom. The van der Waals surface area contributed by atoms with Crippen LogP contribution < -0.4 is 11.1 Å². The molecule has 14 heavy (non-hydrogen) atoms. The summed E-state index contributed by atoms with van der Waals surface area (Å²) >= 11 is 0. The molecule has 1 saturated heterocycles. The largest absolute Gasteiger partial charge is 0.337 e. The predicted octanol–water partition coefficient (Wildman–Crippen LogP) is -1.88. The minimum Gasteiger partial charge on any atom is -0.337 e. The number of fused-ring (bicyclic) bond motifs is 1. The summed E-state index contributed by atoms with van der Waals surface area (Å²) < 4.78 is 0. The van der Waals surface area contributed by atoms with Crippen molar-refractivity contribution in [3.63, 3.8) is 0 Å². The van der Waals surface area contributed by atoms with E-state index in [2.05, 4.69) is 10.3 Å². The molecule has 0 bridgehead atoms. The topological polar surface area (TPSA) is 91.0 Å². The highest BCUT2D eigenvalue weighted by atomic mass is 16.2. The number of amides is 3. The van der Waals surface area contributed by atoms with Gasteiger partial charge >= 0.3 is 6.03 Å². The maximum atomic E-state index is 11.6. The third kappa shape index (κ3) is 0.818. The molecule has 7 nitrogen and oxygen atoms in total. The summed E-state index contributed by atoms with van der Waals surface area (Å²) in [5, 5.41) is 2.17. The summed E-state index contributed by atoms with van der Waals surface area (Å²) in [5.74, 6) is -0.523. The van der Waals surface area contributed by atoms with E-state index in [0.29, 0.717) is 0 Å². The zero-order valence-electron chi connectivity index (χ0n) is 7.89. The van der Waals surface area contributed by atoms with Crippen LogP contribution in [0.15, 0.2) is 4.99 Å². The molecule has 1 fully saturated rings. The second kappa shape index (κ2) is 2.44. The van der Waals surface area contributed by atoms with Crippen LogP contribution >= 0.6 is 0 Å². The number of nitrogens with zero attached hydrogens (tertiary/aromatic N) is 3. The first kappa shape index (κ1) is 8.95. The Balaban J connectivity index is 2.43. The zero-order valence-corrected chi connectivity index (χ0v) is 7.89. The van der Waals surface area contributed by atoms with Crippen LogP contribution in [0.5, 0.6) is 0 Å². The lowest BCUT2D eigenvalue weighted by Gasteiger charge is -2.41. The molecule has 76 valence electrons. The molecule has 0 aromatic carbocycles. The van der Waals surface area contributed by atoms with E-state index in [-0.39, 0.29) is 0 Å². The predicted molar refractivity (Wildman–Crippen MR) is 48.3 cm³/mol. The molecule has 0 aromatic rings. The van der Waals surface area contributed by atoms with Gasteiger partial charge in [-0.05, 0) is 0 Å². The second-order valence-corrected chi connectivity index (χ2v) is 3.44. The Hall–Kier alpha value is -1.63. The maximum absolute atomic E-state index is 11.6. The number of carbonyl (C=O) groups is 2. The number of carbonyl (C=O) groups excluding carboxylic acids is 2.